The number of amides is 1. The lowest BCUT2D eigenvalue weighted by molar-refractivity contribution is -0.118. The van der Waals surface area contributed by atoms with Gasteiger partial charge >= 0.3 is 0 Å². The van der Waals surface area contributed by atoms with E-state index in [2.05, 4.69) is 5.32 Å². The number of para-hydroxylation sites is 2. The van der Waals surface area contributed by atoms with Crippen LogP contribution >= 0.6 is 12.4 Å². The number of benzene rings is 1. The van der Waals surface area contributed by atoms with Crippen molar-refractivity contribution in [2.24, 2.45) is 17.1 Å². The average Bonchev–Trinajstić information content (AvgIpc) is 3.39. The van der Waals surface area contributed by atoms with E-state index in [0.717, 1.165) is 30.9 Å². The Labute approximate surface area is 150 Å². The van der Waals surface area contributed by atoms with E-state index in [1.807, 2.05) is 24.3 Å². The summed E-state index contributed by atoms with van der Waals surface area (Å²) < 4.78 is 5.86. The Morgan fingerprint density at radius 1 is 1.21 bits per heavy atom. The molecule has 2 aliphatic rings. The number of carbonyl (C=O) groups excluding carboxylic acids is 1. The minimum absolute atomic E-state index is 0. The summed E-state index contributed by atoms with van der Waals surface area (Å²) in [5.41, 5.74) is 6.76. The lowest BCUT2D eigenvalue weighted by Gasteiger charge is -2.35. The first-order valence-corrected chi connectivity index (χ1v) is 8.93. The van der Waals surface area contributed by atoms with E-state index < -0.39 is 0 Å². The van der Waals surface area contributed by atoms with Crippen LogP contribution in [0.3, 0.4) is 0 Å². The third-order valence-corrected chi connectivity index (χ3v) is 5.22. The molecule has 0 radical (unpaired) electrons. The van der Waals surface area contributed by atoms with Crippen LogP contribution in [0.5, 0.6) is 5.75 Å². The lowest BCUT2D eigenvalue weighted by atomic mass is 9.71. The van der Waals surface area contributed by atoms with Gasteiger partial charge in [-0.2, -0.15) is 0 Å². The summed E-state index contributed by atoms with van der Waals surface area (Å²) in [6.07, 6.45) is 8.80. The van der Waals surface area contributed by atoms with Crippen molar-refractivity contribution >= 4 is 24.0 Å². The van der Waals surface area contributed by atoms with Gasteiger partial charge in [-0.25, -0.2) is 0 Å². The molecule has 0 spiro atoms. The van der Waals surface area contributed by atoms with Gasteiger partial charge in [0, 0.05) is 6.42 Å². The molecule has 0 heterocycles. The second kappa shape index (κ2) is 8.72. The van der Waals surface area contributed by atoms with Crippen LogP contribution in [0.25, 0.3) is 0 Å². The van der Waals surface area contributed by atoms with Crippen LogP contribution in [-0.2, 0) is 4.79 Å². The number of rotatable bonds is 7. The quantitative estimate of drug-likeness (QED) is 0.775. The molecule has 0 aromatic heterocycles. The van der Waals surface area contributed by atoms with Crippen molar-refractivity contribution < 1.29 is 9.53 Å². The van der Waals surface area contributed by atoms with E-state index >= 15 is 0 Å². The Balaban J connectivity index is 0.00000208. The third kappa shape index (κ3) is 5.12. The fourth-order valence-corrected chi connectivity index (χ4v) is 3.48. The van der Waals surface area contributed by atoms with Gasteiger partial charge in [0.1, 0.15) is 5.75 Å². The fourth-order valence-electron chi connectivity index (χ4n) is 3.48. The molecule has 4 nitrogen and oxygen atoms in total. The molecule has 0 atom stereocenters. The van der Waals surface area contributed by atoms with Gasteiger partial charge < -0.3 is 15.8 Å². The molecule has 0 saturated heterocycles. The second-order valence-corrected chi connectivity index (χ2v) is 7.24. The number of anilines is 1. The first-order valence-electron chi connectivity index (χ1n) is 8.93. The fraction of sp³-hybridized carbons (Fsp3) is 0.632. The summed E-state index contributed by atoms with van der Waals surface area (Å²) >= 11 is 0. The maximum absolute atomic E-state index is 12.5. The molecule has 2 aliphatic carbocycles. The Morgan fingerprint density at radius 2 is 1.92 bits per heavy atom. The van der Waals surface area contributed by atoms with Crippen molar-refractivity contribution in [1.29, 1.82) is 0 Å². The highest BCUT2D eigenvalue weighted by Gasteiger charge is 2.33. The minimum Gasteiger partial charge on any atom is -0.491 e. The summed E-state index contributed by atoms with van der Waals surface area (Å²) in [7, 11) is 0. The monoisotopic (exact) mass is 352 g/mol. The highest BCUT2D eigenvalue weighted by atomic mass is 35.5. The molecular formula is C19H29ClN2O2. The summed E-state index contributed by atoms with van der Waals surface area (Å²) in [6.45, 7) is 1.35. The number of hydrogen-bond donors (Lipinski definition) is 2. The maximum atomic E-state index is 12.5. The molecule has 5 heteroatoms. The van der Waals surface area contributed by atoms with Crippen LogP contribution in [0.4, 0.5) is 5.69 Å². The summed E-state index contributed by atoms with van der Waals surface area (Å²) in [5.74, 6) is 1.53. The van der Waals surface area contributed by atoms with E-state index in [-0.39, 0.29) is 23.7 Å². The number of ether oxygens (including phenoxy) is 1. The standard InChI is InChI=1S/C19H28N2O2.ClH/c20-14-19(10-4-1-5-11-19)12-18(22)21-16-6-2-3-7-17(16)23-13-15-8-9-15;/h2-3,6-7,15H,1,4-5,8-14,20H2,(H,21,22);1H. The SMILES string of the molecule is Cl.NCC1(CC(=O)Nc2ccccc2OCC2CC2)CCCCC1. The number of nitrogens with two attached hydrogens (primary N) is 1. The zero-order valence-corrected chi connectivity index (χ0v) is 15.1. The number of nitrogens with one attached hydrogen (secondary N) is 1. The van der Waals surface area contributed by atoms with Gasteiger partial charge in [-0.3, -0.25) is 4.79 Å². The lowest BCUT2D eigenvalue weighted by Crippen LogP contribution is -2.36. The molecule has 0 aliphatic heterocycles. The van der Waals surface area contributed by atoms with Gasteiger partial charge in [-0.1, -0.05) is 31.4 Å². The van der Waals surface area contributed by atoms with Crippen LogP contribution in [0.15, 0.2) is 24.3 Å². The van der Waals surface area contributed by atoms with Crippen molar-refractivity contribution in [2.45, 2.75) is 51.4 Å². The predicted octanol–water partition coefficient (Wildman–Crippen LogP) is 4.14. The van der Waals surface area contributed by atoms with Crippen molar-refractivity contribution in [2.75, 3.05) is 18.5 Å². The van der Waals surface area contributed by atoms with Crippen LogP contribution in [-0.4, -0.2) is 19.1 Å². The van der Waals surface area contributed by atoms with Crippen LogP contribution in [0, 0.1) is 11.3 Å². The molecule has 24 heavy (non-hydrogen) atoms. The van der Waals surface area contributed by atoms with Gasteiger partial charge in [0.15, 0.2) is 0 Å². The van der Waals surface area contributed by atoms with Gasteiger partial charge in [0.2, 0.25) is 5.91 Å². The number of halogens is 1. The van der Waals surface area contributed by atoms with E-state index in [1.54, 1.807) is 0 Å². The topological polar surface area (TPSA) is 64.4 Å². The van der Waals surface area contributed by atoms with E-state index in [1.165, 1.54) is 32.1 Å². The second-order valence-electron chi connectivity index (χ2n) is 7.24. The molecule has 0 unspecified atom stereocenters. The first-order chi connectivity index (χ1) is 11.2. The van der Waals surface area contributed by atoms with Crippen LogP contribution in [0.2, 0.25) is 0 Å². The molecule has 0 bridgehead atoms. The van der Waals surface area contributed by atoms with E-state index in [0.29, 0.717) is 18.9 Å². The largest absolute Gasteiger partial charge is 0.491 e. The van der Waals surface area contributed by atoms with Crippen molar-refractivity contribution in [3.8, 4) is 5.75 Å². The van der Waals surface area contributed by atoms with Crippen LogP contribution in [0.1, 0.15) is 51.4 Å². The maximum Gasteiger partial charge on any atom is 0.225 e. The highest BCUT2D eigenvalue weighted by molar-refractivity contribution is 5.92. The summed E-state index contributed by atoms with van der Waals surface area (Å²) in [6, 6.07) is 7.72. The summed E-state index contributed by atoms with van der Waals surface area (Å²) in [4.78, 5) is 12.5. The Kier molecular flexibility index (Phi) is 6.93. The molecule has 3 N–H and O–H groups in total. The third-order valence-electron chi connectivity index (χ3n) is 5.22. The van der Waals surface area contributed by atoms with Crippen molar-refractivity contribution in [1.82, 2.24) is 0 Å². The number of hydrogen-bond acceptors (Lipinski definition) is 3. The molecule has 1 amide bonds. The highest BCUT2D eigenvalue weighted by Crippen LogP contribution is 2.39. The van der Waals surface area contributed by atoms with Gasteiger partial charge in [-0.15, -0.1) is 12.4 Å². The summed E-state index contributed by atoms with van der Waals surface area (Å²) in [5, 5.41) is 3.04. The molecule has 2 fully saturated rings. The van der Waals surface area contributed by atoms with Crippen LogP contribution < -0.4 is 15.8 Å². The average molecular weight is 353 g/mol. The normalized spacial score (nSPS) is 19.2. The molecule has 1 aromatic carbocycles. The van der Waals surface area contributed by atoms with Gasteiger partial charge in [0.05, 0.1) is 12.3 Å². The smallest absolute Gasteiger partial charge is 0.225 e. The van der Waals surface area contributed by atoms with Gasteiger partial charge in [0.25, 0.3) is 0 Å². The van der Waals surface area contributed by atoms with Crippen molar-refractivity contribution in [3.05, 3.63) is 24.3 Å². The predicted molar refractivity (Wildman–Crippen MR) is 99.7 cm³/mol. The molecule has 3 rings (SSSR count). The van der Waals surface area contributed by atoms with E-state index in [9.17, 15) is 4.79 Å². The first kappa shape index (κ1) is 19.1. The Bertz CT molecular complexity index is 540. The zero-order valence-electron chi connectivity index (χ0n) is 14.3. The molecule has 134 valence electrons. The molecule has 2 saturated carbocycles. The molecule has 1 aromatic rings. The Morgan fingerprint density at radius 3 is 2.58 bits per heavy atom. The zero-order chi connectivity index (χ0) is 16.1. The molecular weight excluding hydrogens is 324 g/mol. The number of carbonyl (C=O) groups is 1. The minimum atomic E-state index is -0.00779. The van der Waals surface area contributed by atoms with E-state index in [4.69, 9.17) is 10.5 Å². The van der Waals surface area contributed by atoms with Crippen molar-refractivity contribution in [3.63, 3.8) is 0 Å². The van der Waals surface area contributed by atoms with Gasteiger partial charge in [-0.05, 0) is 55.7 Å². The Hall–Kier alpha value is -1.26.